The van der Waals surface area contributed by atoms with Crippen LogP contribution in [0.2, 0.25) is 0 Å². The van der Waals surface area contributed by atoms with Gasteiger partial charge in [0.15, 0.2) is 0 Å². The highest BCUT2D eigenvalue weighted by Crippen LogP contribution is 2.17. The minimum atomic E-state index is -0.0480. The van der Waals surface area contributed by atoms with E-state index in [0.29, 0.717) is 17.8 Å². The van der Waals surface area contributed by atoms with E-state index in [2.05, 4.69) is 29.8 Å². The molecular weight excluding hydrogens is 214 g/mol. The summed E-state index contributed by atoms with van der Waals surface area (Å²) in [6.07, 6.45) is 0.696. The molecule has 4 heteroatoms. The molecule has 1 rings (SSSR count). The van der Waals surface area contributed by atoms with Gasteiger partial charge in [0, 0.05) is 23.2 Å². The molecule has 2 nitrogen and oxygen atoms in total. The molecule has 0 aliphatic heterocycles. The maximum atomic E-state index is 11.4. The third-order valence-corrected chi connectivity index (χ3v) is 2.88. The Morgan fingerprint density at radius 1 is 1.71 bits per heavy atom. The molecule has 0 spiro atoms. The molecule has 1 amide bonds. The van der Waals surface area contributed by atoms with Crippen LogP contribution in [-0.2, 0) is 0 Å². The number of hydrogen-bond donors (Lipinski definition) is 2. The second-order valence-electron chi connectivity index (χ2n) is 2.60. The van der Waals surface area contributed by atoms with Crippen LogP contribution in [0.5, 0.6) is 0 Å². The van der Waals surface area contributed by atoms with E-state index in [1.165, 1.54) is 11.3 Å². The average molecular weight is 225 g/mol. The number of thiophene rings is 1. The van der Waals surface area contributed by atoms with Gasteiger partial charge in [-0.1, -0.05) is 0 Å². The number of thiol groups is 1. The molecule has 1 aromatic heterocycles. The minimum absolute atomic E-state index is 0.0480. The van der Waals surface area contributed by atoms with Gasteiger partial charge >= 0.3 is 0 Å². The molecule has 1 heterocycles. The smallest absolute Gasteiger partial charge is 0.261 e. The monoisotopic (exact) mass is 225 g/mol. The molecule has 0 unspecified atom stereocenters. The molecule has 1 N–H and O–H groups in total. The van der Waals surface area contributed by atoms with E-state index < -0.39 is 0 Å². The topological polar surface area (TPSA) is 29.1 Å². The zero-order valence-corrected chi connectivity index (χ0v) is 9.54. The molecule has 0 aliphatic carbocycles. The summed E-state index contributed by atoms with van der Waals surface area (Å²) in [5.74, 6) is 5.61. The molecule has 0 aliphatic rings. The van der Waals surface area contributed by atoms with Gasteiger partial charge in [0.05, 0.1) is 4.88 Å². The highest BCUT2D eigenvalue weighted by atomic mass is 32.1. The molecule has 0 radical (unpaired) electrons. The summed E-state index contributed by atoms with van der Waals surface area (Å²) in [4.78, 5) is 13.0. The zero-order valence-electron chi connectivity index (χ0n) is 7.83. The van der Waals surface area contributed by atoms with Crippen molar-refractivity contribution in [3.63, 3.8) is 0 Å². The second kappa shape index (κ2) is 5.74. The number of hydrogen-bond acceptors (Lipinski definition) is 3. The van der Waals surface area contributed by atoms with Gasteiger partial charge in [-0.25, -0.2) is 0 Å². The summed E-state index contributed by atoms with van der Waals surface area (Å²) in [5.41, 5.74) is 0. The lowest BCUT2D eigenvalue weighted by Crippen LogP contribution is -2.23. The highest BCUT2D eigenvalue weighted by molar-refractivity contribution is 7.80. The summed E-state index contributed by atoms with van der Waals surface area (Å²) in [6, 6.07) is 1.76. The van der Waals surface area contributed by atoms with Gasteiger partial charge in [-0.15, -0.1) is 35.8 Å². The van der Waals surface area contributed by atoms with Crippen LogP contribution < -0.4 is 5.32 Å². The van der Waals surface area contributed by atoms with Crippen molar-refractivity contribution in [2.75, 3.05) is 6.54 Å². The summed E-state index contributed by atoms with van der Waals surface area (Å²) < 4.78 is 0. The first-order valence-corrected chi connectivity index (χ1v) is 5.52. The highest BCUT2D eigenvalue weighted by Gasteiger charge is 2.06. The van der Waals surface area contributed by atoms with Crippen molar-refractivity contribution in [2.24, 2.45) is 0 Å². The van der Waals surface area contributed by atoms with E-state index in [1.807, 2.05) is 5.38 Å². The Morgan fingerprint density at radius 3 is 3.07 bits per heavy atom. The lowest BCUT2D eigenvalue weighted by molar-refractivity contribution is 0.0958. The van der Waals surface area contributed by atoms with Gasteiger partial charge in [0.2, 0.25) is 0 Å². The summed E-state index contributed by atoms with van der Waals surface area (Å²) in [5, 5.41) is 4.62. The fourth-order valence-corrected chi connectivity index (χ4v) is 1.96. The first-order chi connectivity index (χ1) is 6.74. The van der Waals surface area contributed by atoms with Crippen molar-refractivity contribution < 1.29 is 4.79 Å². The molecule has 0 saturated carbocycles. The van der Waals surface area contributed by atoms with Gasteiger partial charge in [-0.05, 0) is 13.0 Å². The first kappa shape index (κ1) is 11.2. The molecular formula is C10H11NOS2. The van der Waals surface area contributed by atoms with Gasteiger partial charge in [-0.3, -0.25) is 4.79 Å². The molecule has 14 heavy (non-hydrogen) atoms. The van der Waals surface area contributed by atoms with E-state index in [1.54, 1.807) is 13.0 Å². The fourth-order valence-electron chi connectivity index (χ4n) is 0.896. The quantitative estimate of drug-likeness (QED) is 0.461. The number of rotatable bonds is 3. The Kier molecular flexibility index (Phi) is 4.57. The Bertz CT molecular complexity index is 373. The van der Waals surface area contributed by atoms with Crippen LogP contribution in [0.15, 0.2) is 16.3 Å². The second-order valence-corrected chi connectivity index (χ2v) is 4.03. The van der Waals surface area contributed by atoms with Crippen molar-refractivity contribution in [1.82, 2.24) is 5.32 Å². The molecule has 1 aromatic rings. The minimum Gasteiger partial charge on any atom is -0.350 e. The largest absolute Gasteiger partial charge is 0.350 e. The van der Waals surface area contributed by atoms with Crippen molar-refractivity contribution in [1.29, 1.82) is 0 Å². The van der Waals surface area contributed by atoms with E-state index >= 15 is 0 Å². The van der Waals surface area contributed by atoms with Crippen LogP contribution in [0.4, 0.5) is 0 Å². The third kappa shape index (κ3) is 3.44. The maximum absolute atomic E-state index is 11.4. The SMILES string of the molecule is CC#CCCNC(=O)c1cc(S)cs1. The van der Waals surface area contributed by atoms with Crippen LogP contribution in [0.3, 0.4) is 0 Å². The van der Waals surface area contributed by atoms with Gasteiger partial charge in [0.1, 0.15) is 0 Å². The van der Waals surface area contributed by atoms with Crippen LogP contribution in [0.1, 0.15) is 23.0 Å². The van der Waals surface area contributed by atoms with E-state index in [0.717, 1.165) is 4.90 Å². The Hall–Kier alpha value is -0.920. The van der Waals surface area contributed by atoms with Crippen LogP contribution in [0.25, 0.3) is 0 Å². The van der Waals surface area contributed by atoms with Crippen molar-refractivity contribution in [3.05, 3.63) is 16.3 Å². The van der Waals surface area contributed by atoms with E-state index in [9.17, 15) is 4.79 Å². The van der Waals surface area contributed by atoms with Gasteiger partial charge < -0.3 is 5.32 Å². The van der Waals surface area contributed by atoms with Crippen LogP contribution >= 0.6 is 24.0 Å². The number of carbonyl (C=O) groups is 1. The predicted octanol–water partition coefficient (Wildman–Crippen LogP) is 2.18. The van der Waals surface area contributed by atoms with Crippen molar-refractivity contribution in [2.45, 2.75) is 18.2 Å². The number of carbonyl (C=O) groups excluding carboxylic acids is 1. The molecule has 0 fully saturated rings. The molecule has 0 saturated heterocycles. The molecule has 0 bridgehead atoms. The Labute approximate surface area is 93.1 Å². The standard InChI is InChI=1S/C10H11NOS2/c1-2-3-4-5-11-10(12)9-6-8(13)7-14-9/h6-7,13H,4-5H2,1H3,(H,11,12). The fraction of sp³-hybridized carbons (Fsp3) is 0.300. The van der Waals surface area contributed by atoms with Crippen molar-refractivity contribution in [3.8, 4) is 11.8 Å². The van der Waals surface area contributed by atoms with E-state index in [4.69, 9.17) is 0 Å². The molecule has 0 atom stereocenters. The lowest BCUT2D eigenvalue weighted by Gasteiger charge is -1.98. The normalized spacial score (nSPS) is 9.00. The molecule has 74 valence electrons. The number of amides is 1. The van der Waals surface area contributed by atoms with E-state index in [-0.39, 0.29) is 5.91 Å². The summed E-state index contributed by atoms with van der Waals surface area (Å²) in [6.45, 7) is 2.38. The Morgan fingerprint density at radius 2 is 2.50 bits per heavy atom. The Balaban J connectivity index is 2.38. The third-order valence-electron chi connectivity index (χ3n) is 1.52. The summed E-state index contributed by atoms with van der Waals surface area (Å²) in [7, 11) is 0. The average Bonchev–Trinajstić information content (AvgIpc) is 2.59. The molecule has 0 aromatic carbocycles. The maximum Gasteiger partial charge on any atom is 0.261 e. The predicted molar refractivity (Wildman–Crippen MR) is 62.0 cm³/mol. The number of nitrogens with one attached hydrogen (secondary N) is 1. The summed E-state index contributed by atoms with van der Waals surface area (Å²) >= 11 is 5.53. The zero-order chi connectivity index (χ0) is 10.4. The van der Waals surface area contributed by atoms with Crippen LogP contribution in [-0.4, -0.2) is 12.5 Å². The van der Waals surface area contributed by atoms with Gasteiger partial charge in [-0.2, -0.15) is 0 Å². The van der Waals surface area contributed by atoms with Crippen LogP contribution in [0, 0.1) is 11.8 Å². The first-order valence-electron chi connectivity index (χ1n) is 4.19. The van der Waals surface area contributed by atoms with Crippen molar-refractivity contribution >= 4 is 29.9 Å². The lowest BCUT2D eigenvalue weighted by atomic mass is 10.4. The van der Waals surface area contributed by atoms with Gasteiger partial charge in [0.25, 0.3) is 5.91 Å².